The third-order valence-corrected chi connectivity index (χ3v) is 1.99. The molecule has 0 unspecified atom stereocenters. The van der Waals surface area contributed by atoms with E-state index in [2.05, 4.69) is 0 Å². The van der Waals surface area contributed by atoms with Gasteiger partial charge in [0.1, 0.15) is 0 Å². The number of carbonyl (C=O) groups excluding carboxylic acids is 2. The van der Waals surface area contributed by atoms with E-state index in [1.807, 2.05) is 0 Å². The van der Waals surface area contributed by atoms with E-state index < -0.39 is 17.4 Å². The van der Waals surface area contributed by atoms with Gasteiger partial charge in [-0.25, -0.2) is 0 Å². The predicted octanol–water partition coefficient (Wildman–Crippen LogP) is -4.70. The van der Waals surface area contributed by atoms with Gasteiger partial charge in [-0.15, -0.1) is 0 Å². The molecule has 0 spiro atoms. The van der Waals surface area contributed by atoms with Gasteiger partial charge in [0, 0.05) is 5.41 Å². The average Bonchev–Trinajstić information content (AvgIpc) is 1.90. The third-order valence-electron chi connectivity index (χ3n) is 1.99. The molecule has 0 saturated heterocycles. The van der Waals surface area contributed by atoms with E-state index in [1.54, 1.807) is 0 Å². The molecule has 0 aromatic heterocycles. The minimum absolute atomic E-state index is 0. The standard InChI is InChI=1S/C7H12O4.Li/c1-3-7(4-2,5(8)9)6(10)11;/h3-4H2,1-2H3,(H,8,9)(H,10,11);/q;+1/p-2. The third kappa shape index (κ3) is 2.26. The Morgan fingerprint density at radius 1 is 1.08 bits per heavy atom. The molecular formula is C7H10LiO4-. The van der Waals surface area contributed by atoms with E-state index in [-0.39, 0.29) is 31.7 Å². The number of aliphatic carboxylic acids is 2. The summed E-state index contributed by atoms with van der Waals surface area (Å²) in [5, 5.41) is 20.8. The second-order valence-corrected chi connectivity index (χ2v) is 2.36. The maximum absolute atomic E-state index is 10.4. The Labute approximate surface area is 83.1 Å². The number of hydrogen-bond acceptors (Lipinski definition) is 4. The first-order valence-corrected chi connectivity index (χ1v) is 3.44. The van der Waals surface area contributed by atoms with E-state index in [1.165, 1.54) is 13.8 Å². The molecule has 0 bridgehead atoms. The molecule has 4 nitrogen and oxygen atoms in total. The van der Waals surface area contributed by atoms with Gasteiger partial charge in [-0.1, -0.05) is 13.8 Å². The van der Waals surface area contributed by atoms with Gasteiger partial charge in [-0.05, 0) is 12.8 Å². The van der Waals surface area contributed by atoms with Crippen molar-refractivity contribution >= 4 is 11.9 Å². The zero-order valence-corrected chi connectivity index (χ0v) is 7.55. The minimum Gasteiger partial charge on any atom is -0.549 e. The molecule has 0 saturated carbocycles. The predicted molar refractivity (Wildman–Crippen MR) is 33.0 cm³/mol. The van der Waals surface area contributed by atoms with Crippen LogP contribution >= 0.6 is 0 Å². The van der Waals surface area contributed by atoms with Crippen LogP contribution in [0.1, 0.15) is 26.7 Å². The molecule has 0 heterocycles. The molecule has 12 heavy (non-hydrogen) atoms. The van der Waals surface area contributed by atoms with E-state index >= 15 is 0 Å². The summed E-state index contributed by atoms with van der Waals surface area (Å²) in [5.74, 6) is -3.13. The SMILES string of the molecule is CCC(CC)(C(=O)[O-])C(=O)[O-].[Li+]. The zero-order chi connectivity index (χ0) is 9.07. The van der Waals surface area contributed by atoms with Gasteiger partial charge < -0.3 is 19.8 Å². The Balaban J connectivity index is 0. The van der Waals surface area contributed by atoms with Crippen molar-refractivity contribution in [1.29, 1.82) is 0 Å². The fourth-order valence-electron chi connectivity index (χ4n) is 0.911. The minimum atomic E-state index is -1.81. The molecule has 64 valence electrons. The van der Waals surface area contributed by atoms with E-state index in [0.717, 1.165) is 0 Å². The molecule has 0 fully saturated rings. The number of hydrogen-bond donors (Lipinski definition) is 0. The maximum Gasteiger partial charge on any atom is 1.00 e. The van der Waals surface area contributed by atoms with Gasteiger partial charge >= 0.3 is 18.9 Å². The number of rotatable bonds is 4. The summed E-state index contributed by atoms with van der Waals surface area (Å²) in [4.78, 5) is 20.8. The van der Waals surface area contributed by atoms with Gasteiger partial charge in [-0.2, -0.15) is 0 Å². The van der Waals surface area contributed by atoms with Crippen LogP contribution in [0.5, 0.6) is 0 Å². The van der Waals surface area contributed by atoms with Gasteiger partial charge in [-0.3, -0.25) is 0 Å². The van der Waals surface area contributed by atoms with Crippen molar-refractivity contribution in [1.82, 2.24) is 0 Å². The molecule has 0 N–H and O–H groups in total. The first-order valence-electron chi connectivity index (χ1n) is 3.44. The van der Waals surface area contributed by atoms with Crippen LogP contribution in [0.3, 0.4) is 0 Å². The fourth-order valence-corrected chi connectivity index (χ4v) is 0.911. The van der Waals surface area contributed by atoms with Crippen molar-refractivity contribution in [3.8, 4) is 0 Å². The normalized spacial score (nSPS) is 10.2. The molecule has 0 aliphatic heterocycles. The second kappa shape index (κ2) is 5.23. The maximum atomic E-state index is 10.4. The molecule has 0 rings (SSSR count). The molecule has 0 aliphatic carbocycles. The number of carboxylic acids is 2. The van der Waals surface area contributed by atoms with Crippen LogP contribution in [-0.2, 0) is 9.59 Å². The Morgan fingerprint density at radius 2 is 1.33 bits per heavy atom. The Kier molecular flexibility index (Phi) is 6.14. The second-order valence-electron chi connectivity index (χ2n) is 2.36. The molecule has 0 atom stereocenters. The van der Waals surface area contributed by atoms with Crippen molar-refractivity contribution in [2.24, 2.45) is 5.41 Å². The molecule has 0 aromatic carbocycles. The first kappa shape index (κ1) is 14.1. The topological polar surface area (TPSA) is 80.3 Å². The first-order chi connectivity index (χ1) is 5.01. The van der Waals surface area contributed by atoms with Crippen molar-refractivity contribution in [3.63, 3.8) is 0 Å². The monoisotopic (exact) mass is 165 g/mol. The summed E-state index contributed by atoms with van der Waals surface area (Å²) in [6.07, 6.45) is -0.0116. The number of carbonyl (C=O) groups is 2. The smallest absolute Gasteiger partial charge is 0.549 e. The van der Waals surface area contributed by atoms with Crippen molar-refractivity contribution in [2.45, 2.75) is 26.7 Å². The van der Waals surface area contributed by atoms with Gasteiger partial charge in [0.15, 0.2) is 0 Å². The van der Waals surface area contributed by atoms with E-state index in [0.29, 0.717) is 0 Å². The Hall–Kier alpha value is -0.463. The summed E-state index contributed by atoms with van der Waals surface area (Å²) < 4.78 is 0. The summed E-state index contributed by atoms with van der Waals surface area (Å²) in [6.45, 7) is 2.96. The largest absolute Gasteiger partial charge is 1.00 e. The van der Waals surface area contributed by atoms with Crippen LogP contribution in [0.2, 0.25) is 0 Å². The fraction of sp³-hybridized carbons (Fsp3) is 0.714. The molecular weight excluding hydrogens is 155 g/mol. The van der Waals surface area contributed by atoms with Crippen LogP contribution in [0.25, 0.3) is 0 Å². The Bertz CT molecular complexity index is 158. The van der Waals surface area contributed by atoms with Gasteiger partial charge in [0.2, 0.25) is 0 Å². The van der Waals surface area contributed by atoms with Crippen LogP contribution in [0.15, 0.2) is 0 Å². The molecule has 5 heteroatoms. The van der Waals surface area contributed by atoms with Crippen LogP contribution in [0.4, 0.5) is 0 Å². The summed E-state index contributed by atoms with van der Waals surface area (Å²) in [7, 11) is 0. The quantitative estimate of drug-likeness (QED) is 0.309. The molecule has 0 aliphatic rings. The van der Waals surface area contributed by atoms with Gasteiger partial charge in [0.25, 0.3) is 0 Å². The van der Waals surface area contributed by atoms with Crippen LogP contribution < -0.4 is 29.1 Å². The van der Waals surface area contributed by atoms with Crippen molar-refractivity contribution in [3.05, 3.63) is 0 Å². The van der Waals surface area contributed by atoms with E-state index in [4.69, 9.17) is 0 Å². The average molecular weight is 165 g/mol. The molecule has 0 amide bonds. The van der Waals surface area contributed by atoms with Crippen molar-refractivity contribution in [2.75, 3.05) is 0 Å². The van der Waals surface area contributed by atoms with E-state index in [9.17, 15) is 19.8 Å². The summed E-state index contributed by atoms with van der Waals surface area (Å²) >= 11 is 0. The number of carboxylic acid groups (broad SMARTS) is 2. The van der Waals surface area contributed by atoms with Crippen molar-refractivity contribution < 1.29 is 38.7 Å². The molecule has 0 radical (unpaired) electrons. The van der Waals surface area contributed by atoms with Gasteiger partial charge in [0.05, 0.1) is 11.9 Å². The summed E-state index contributed by atoms with van der Waals surface area (Å²) in [6, 6.07) is 0. The van der Waals surface area contributed by atoms with Crippen LogP contribution in [0, 0.1) is 5.41 Å². The summed E-state index contributed by atoms with van der Waals surface area (Å²) in [5.41, 5.74) is -1.81. The van der Waals surface area contributed by atoms with Crippen LogP contribution in [-0.4, -0.2) is 11.9 Å². The molecule has 0 aromatic rings. The Morgan fingerprint density at radius 3 is 1.33 bits per heavy atom. The zero-order valence-electron chi connectivity index (χ0n) is 7.55.